The number of benzene rings is 1. The largest absolute Gasteiger partial charge is 0.496 e. The summed E-state index contributed by atoms with van der Waals surface area (Å²) in [4.78, 5) is 23.5. The molecule has 0 radical (unpaired) electrons. The van der Waals surface area contributed by atoms with Gasteiger partial charge in [-0.25, -0.2) is 9.59 Å². The Balaban J connectivity index is 0.000000469. The fourth-order valence-electron chi connectivity index (χ4n) is 4.33. The smallest absolute Gasteiger partial charge is 0.414 e. The number of hydrogen-bond donors (Lipinski definition) is 2. The molecule has 0 atom stereocenters. The van der Waals surface area contributed by atoms with Crippen LogP contribution in [0.25, 0.3) is 0 Å². The third-order valence-corrected chi connectivity index (χ3v) is 5.90. The topological polar surface area (TPSA) is 99.5 Å². The second-order valence-corrected chi connectivity index (χ2v) is 7.80. The number of carbonyl (C=O) groups is 2. The van der Waals surface area contributed by atoms with Gasteiger partial charge in [0.25, 0.3) is 0 Å². The van der Waals surface area contributed by atoms with Crippen molar-refractivity contribution in [2.24, 2.45) is 0 Å². The number of rotatable bonds is 5. The fourth-order valence-corrected chi connectivity index (χ4v) is 4.33. The van der Waals surface area contributed by atoms with Crippen LogP contribution in [0.15, 0.2) is 12.1 Å². The third kappa shape index (κ3) is 6.60. The van der Waals surface area contributed by atoms with E-state index in [0.29, 0.717) is 0 Å². The number of nitrogens with zero attached hydrogens (tertiary/aromatic N) is 2. The Labute approximate surface area is 178 Å². The zero-order valence-electron chi connectivity index (χ0n) is 18.2. The van der Waals surface area contributed by atoms with Gasteiger partial charge in [-0.3, -0.25) is 4.90 Å². The van der Waals surface area contributed by atoms with Crippen molar-refractivity contribution < 1.29 is 29.3 Å². The van der Waals surface area contributed by atoms with Gasteiger partial charge in [0.1, 0.15) is 11.5 Å². The van der Waals surface area contributed by atoms with Gasteiger partial charge in [0.2, 0.25) is 0 Å². The molecule has 30 heavy (non-hydrogen) atoms. The van der Waals surface area contributed by atoms with E-state index >= 15 is 0 Å². The molecule has 2 aliphatic heterocycles. The molecule has 2 N–H and O–H groups in total. The van der Waals surface area contributed by atoms with E-state index in [-0.39, 0.29) is 0 Å². The zero-order valence-corrected chi connectivity index (χ0v) is 18.2. The van der Waals surface area contributed by atoms with Crippen LogP contribution in [0.3, 0.4) is 0 Å². The number of likely N-dealkylation sites (tertiary alicyclic amines) is 2. The molecule has 0 aromatic heterocycles. The lowest BCUT2D eigenvalue weighted by molar-refractivity contribution is -0.159. The van der Waals surface area contributed by atoms with Gasteiger partial charge in [0.15, 0.2) is 0 Å². The van der Waals surface area contributed by atoms with Gasteiger partial charge in [0, 0.05) is 23.7 Å². The summed E-state index contributed by atoms with van der Waals surface area (Å²) in [5, 5.41) is 14.8. The number of ether oxygens (including phenoxy) is 2. The standard InChI is InChI=1S/C20H32N2O2.C2H2O4/c1-16-19(23-2)8-7-17(20(16)24-3)15-21-13-9-18(10-14-21)22-11-5-4-6-12-22;3-1(4)2(5)6/h7-8,18H,4-6,9-15H2,1-3H3;(H,3,4)(H,5,6). The van der Waals surface area contributed by atoms with Crippen molar-refractivity contribution in [1.29, 1.82) is 0 Å². The first-order valence-electron chi connectivity index (χ1n) is 10.5. The van der Waals surface area contributed by atoms with Crippen molar-refractivity contribution in [3.05, 3.63) is 23.3 Å². The van der Waals surface area contributed by atoms with Gasteiger partial charge in [-0.15, -0.1) is 0 Å². The zero-order chi connectivity index (χ0) is 22.1. The average molecular weight is 423 g/mol. The maximum atomic E-state index is 9.10. The second kappa shape index (κ2) is 11.8. The molecule has 0 aliphatic carbocycles. The van der Waals surface area contributed by atoms with Crippen LogP contribution in [0.1, 0.15) is 43.2 Å². The molecule has 8 heteroatoms. The fraction of sp³-hybridized carbons (Fsp3) is 0.636. The lowest BCUT2D eigenvalue weighted by atomic mass is 9.99. The molecule has 1 aromatic rings. The summed E-state index contributed by atoms with van der Waals surface area (Å²) in [5.74, 6) is -1.77. The minimum absolute atomic E-state index is 0.807. The first-order valence-corrected chi connectivity index (χ1v) is 10.5. The maximum absolute atomic E-state index is 9.10. The average Bonchev–Trinajstić information content (AvgIpc) is 2.75. The summed E-state index contributed by atoms with van der Waals surface area (Å²) >= 11 is 0. The highest BCUT2D eigenvalue weighted by Gasteiger charge is 2.26. The molecular formula is C22H34N2O6. The molecule has 0 unspecified atom stereocenters. The van der Waals surface area contributed by atoms with E-state index in [1.165, 1.54) is 63.8 Å². The minimum Gasteiger partial charge on any atom is -0.496 e. The Hall–Kier alpha value is -2.32. The van der Waals surface area contributed by atoms with Crippen LogP contribution in [0.2, 0.25) is 0 Å². The van der Waals surface area contributed by atoms with Gasteiger partial charge in [-0.05, 0) is 64.9 Å². The van der Waals surface area contributed by atoms with Gasteiger partial charge >= 0.3 is 11.9 Å². The molecule has 3 rings (SSSR count). The predicted molar refractivity (Wildman–Crippen MR) is 113 cm³/mol. The Kier molecular flexibility index (Phi) is 9.39. The summed E-state index contributed by atoms with van der Waals surface area (Å²) < 4.78 is 11.1. The molecule has 2 heterocycles. The van der Waals surface area contributed by atoms with Crippen LogP contribution in [-0.2, 0) is 16.1 Å². The molecule has 8 nitrogen and oxygen atoms in total. The molecule has 2 aliphatic rings. The number of aliphatic carboxylic acids is 2. The van der Waals surface area contributed by atoms with Crippen LogP contribution in [0.4, 0.5) is 0 Å². The van der Waals surface area contributed by atoms with Crippen molar-refractivity contribution in [3.63, 3.8) is 0 Å². The quantitative estimate of drug-likeness (QED) is 0.699. The van der Waals surface area contributed by atoms with E-state index in [1.807, 2.05) is 0 Å². The van der Waals surface area contributed by atoms with Crippen molar-refractivity contribution >= 4 is 11.9 Å². The number of carboxylic acids is 2. The number of carboxylic acid groups (broad SMARTS) is 2. The van der Waals surface area contributed by atoms with E-state index < -0.39 is 11.9 Å². The molecule has 2 saturated heterocycles. The van der Waals surface area contributed by atoms with Crippen LogP contribution in [0, 0.1) is 6.92 Å². The first-order chi connectivity index (χ1) is 14.4. The highest BCUT2D eigenvalue weighted by Crippen LogP contribution is 2.32. The molecule has 0 amide bonds. The van der Waals surface area contributed by atoms with E-state index in [2.05, 4.69) is 28.9 Å². The monoisotopic (exact) mass is 422 g/mol. The lowest BCUT2D eigenvalue weighted by Gasteiger charge is -2.40. The summed E-state index contributed by atoms with van der Waals surface area (Å²) in [6.45, 7) is 8.06. The van der Waals surface area contributed by atoms with Crippen molar-refractivity contribution in [3.8, 4) is 11.5 Å². The molecular weight excluding hydrogens is 388 g/mol. The SMILES string of the molecule is COc1ccc(CN2CCC(N3CCCCC3)CC2)c(OC)c1C.O=C(O)C(=O)O. The molecule has 168 valence electrons. The summed E-state index contributed by atoms with van der Waals surface area (Å²) in [7, 11) is 3.47. The summed E-state index contributed by atoms with van der Waals surface area (Å²) in [5.41, 5.74) is 2.37. The third-order valence-electron chi connectivity index (χ3n) is 5.90. The highest BCUT2D eigenvalue weighted by molar-refractivity contribution is 6.27. The number of hydrogen-bond acceptors (Lipinski definition) is 6. The lowest BCUT2D eigenvalue weighted by Crippen LogP contribution is -2.46. The van der Waals surface area contributed by atoms with Crippen LogP contribution < -0.4 is 9.47 Å². The molecule has 0 bridgehead atoms. The maximum Gasteiger partial charge on any atom is 0.414 e. The van der Waals surface area contributed by atoms with E-state index in [4.69, 9.17) is 29.3 Å². The number of piperidine rings is 2. The van der Waals surface area contributed by atoms with Crippen molar-refractivity contribution in [1.82, 2.24) is 9.80 Å². The molecule has 2 fully saturated rings. The Bertz CT molecular complexity index is 698. The Morgan fingerprint density at radius 3 is 2.07 bits per heavy atom. The molecule has 0 spiro atoms. The van der Waals surface area contributed by atoms with Crippen molar-refractivity contribution in [2.75, 3.05) is 40.4 Å². The van der Waals surface area contributed by atoms with Gasteiger partial charge in [0.05, 0.1) is 14.2 Å². The van der Waals surface area contributed by atoms with Crippen LogP contribution >= 0.6 is 0 Å². The second-order valence-electron chi connectivity index (χ2n) is 7.80. The number of methoxy groups -OCH3 is 2. The molecule has 0 saturated carbocycles. The summed E-state index contributed by atoms with van der Waals surface area (Å²) in [6.07, 6.45) is 6.81. The first kappa shape index (κ1) is 24.0. The van der Waals surface area contributed by atoms with Crippen LogP contribution in [-0.4, -0.2) is 78.4 Å². The highest BCUT2D eigenvalue weighted by atomic mass is 16.5. The van der Waals surface area contributed by atoms with Crippen molar-refractivity contribution in [2.45, 2.75) is 51.6 Å². The van der Waals surface area contributed by atoms with Crippen LogP contribution in [0.5, 0.6) is 11.5 Å². The van der Waals surface area contributed by atoms with E-state index in [0.717, 1.165) is 29.6 Å². The molecule has 1 aromatic carbocycles. The van der Waals surface area contributed by atoms with Gasteiger partial charge in [-0.1, -0.05) is 12.5 Å². The van der Waals surface area contributed by atoms with E-state index in [1.54, 1.807) is 14.2 Å². The normalized spacial score (nSPS) is 18.2. The van der Waals surface area contributed by atoms with E-state index in [9.17, 15) is 0 Å². The minimum atomic E-state index is -1.82. The summed E-state index contributed by atoms with van der Waals surface area (Å²) in [6, 6.07) is 5.02. The Morgan fingerprint density at radius 2 is 1.57 bits per heavy atom. The predicted octanol–water partition coefficient (Wildman–Crippen LogP) is 2.62. The van der Waals surface area contributed by atoms with Gasteiger partial charge in [-0.2, -0.15) is 0 Å². The Morgan fingerprint density at radius 1 is 0.967 bits per heavy atom. The van der Waals surface area contributed by atoms with Gasteiger partial charge < -0.3 is 24.6 Å².